The summed E-state index contributed by atoms with van der Waals surface area (Å²) in [6, 6.07) is 4.20. The number of hydrogen-bond acceptors (Lipinski definition) is 6. The quantitative estimate of drug-likeness (QED) is 0.298. The zero-order valence-corrected chi connectivity index (χ0v) is 25.7. The van der Waals surface area contributed by atoms with Crippen molar-refractivity contribution in [3.63, 3.8) is 0 Å². The molecular formula is C30H45FeN3O6. The summed E-state index contributed by atoms with van der Waals surface area (Å²) in [4.78, 5) is 33.0. The van der Waals surface area contributed by atoms with Crippen LogP contribution in [0.1, 0.15) is 76.4 Å². The molecule has 0 aromatic carbocycles. The Hall–Kier alpha value is -3.23. The van der Waals surface area contributed by atoms with Crippen LogP contribution in [0.15, 0.2) is 51.2 Å². The van der Waals surface area contributed by atoms with Crippen LogP contribution >= 0.6 is 0 Å². The molecule has 3 rings (SSSR count). The van der Waals surface area contributed by atoms with Crippen molar-refractivity contribution in [2.75, 3.05) is 0 Å². The van der Waals surface area contributed by atoms with Crippen molar-refractivity contribution < 1.29 is 32.4 Å². The molecule has 0 aliphatic heterocycles. The summed E-state index contributed by atoms with van der Waals surface area (Å²) in [7, 11) is 0. The van der Waals surface area contributed by atoms with Crippen LogP contribution in [0.25, 0.3) is 0 Å². The molecule has 0 aliphatic rings. The van der Waals surface area contributed by atoms with E-state index in [2.05, 4.69) is 20.8 Å². The first kappa shape index (κ1) is 36.8. The molecule has 0 saturated carbocycles. The van der Waals surface area contributed by atoms with Gasteiger partial charge in [0.15, 0.2) is 17.2 Å². The minimum Gasteiger partial charge on any atom is -0.503 e. The average molecular weight is 600 g/mol. The van der Waals surface area contributed by atoms with Crippen molar-refractivity contribution in [2.24, 2.45) is 0 Å². The van der Waals surface area contributed by atoms with Crippen LogP contribution in [-0.2, 0) is 36.7 Å². The van der Waals surface area contributed by atoms with E-state index in [9.17, 15) is 29.7 Å². The molecule has 3 aromatic rings. The fourth-order valence-electron chi connectivity index (χ4n) is 3.70. The Kier molecular flexibility index (Phi) is 17.4. The van der Waals surface area contributed by atoms with Crippen molar-refractivity contribution in [2.45, 2.75) is 99.7 Å². The second-order valence-electron chi connectivity index (χ2n) is 9.48. The Labute approximate surface area is 247 Å². The fraction of sp³-hybridized carbons (Fsp3) is 0.500. The molecule has 0 radical (unpaired) electrons. The monoisotopic (exact) mass is 599 g/mol. The van der Waals surface area contributed by atoms with Crippen molar-refractivity contribution in [3.05, 3.63) is 84.5 Å². The Morgan fingerprint density at radius 3 is 0.950 bits per heavy atom. The summed E-state index contributed by atoms with van der Waals surface area (Å²) in [5.74, 6) is -0.379. The molecule has 0 bridgehead atoms. The van der Waals surface area contributed by atoms with Crippen LogP contribution in [-0.4, -0.2) is 29.0 Å². The normalized spacial score (nSPS) is 10.1. The van der Waals surface area contributed by atoms with Gasteiger partial charge < -0.3 is 29.0 Å². The number of unbranched alkanes of at least 4 members (excludes halogenated alkanes) is 3. The van der Waals surface area contributed by atoms with Gasteiger partial charge in [0.25, 0.3) is 0 Å². The van der Waals surface area contributed by atoms with Crippen molar-refractivity contribution >= 4 is 0 Å². The number of nitrogens with zero attached hydrogens (tertiary/aromatic N) is 3. The van der Waals surface area contributed by atoms with E-state index in [0.29, 0.717) is 17.1 Å². The number of pyridine rings is 3. The van der Waals surface area contributed by atoms with Gasteiger partial charge in [0.1, 0.15) is 0 Å². The molecule has 224 valence electrons. The molecular weight excluding hydrogens is 554 g/mol. The van der Waals surface area contributed by atoms with Gasteiger partial charge in [0.05, 0.1) is 17.1 Å². The first-order valence-corrected chi connectivity index (χ1v) is 13.7. The van der Waals surface area contributed by atoms with Crippen LogP contribution in [0.4, 0.5) is 0 Å². The Morgan fingerprint density at radius 1 is 0.525 bits per heavy atom. The Bertz CT molecular complexity index is 1200. The van der Waals surface area contributed by atoms with Crippen molar-refractivity contribution in [3.8, 4) is 17.2 Å². The maximum Gasteiger partial charge on any atom is 0.223 e. The van der Waals surface area contributed by atoms with E-state index in [1.54, 1.807) is 39.4 Å². The van der Waals surface area contributed by atoms with Gasteiger partial charge in [0, 0.05) is 73.5 Å². The summed E-state index contributed by atoms with van der Waals surface area (Å²) in [5, 5.41) is 28.1. The zero-order valence-electron chi connectivity index (χ0n) is 24.6. The van der Waals surface area contributed by atoms with E-state index >= 15 is 0 Å². The molecule has 40 heavy (non-hydrogen) atoms. The maximum atomic E-state index is 11.0. The summed E-state index contributed by atoms with van der Waals surface area (Å²) >= 11 is 0. The van der Waals surface area contributed by atoms with Gasteiger partial charge in [-0.3, -0.25) is 14.4 Å². The fourth-order valence-corrected chi connectivity index (χ4v) is 3.70. The number of hydrogen-bond donors (Lipinski definition) is 3. The van der Waals surface area contributed by atoms with Gasteiger partial charge in [-0.25, -0.2) is 0 Å². The van der Waals surface area contributed by atoms with Crippen LogP contribution in [0.5, 0.6) is 17.2 Å². The predicted octanol–water partition coefficient (Wildman–Crippen LogP) is 4.98. The third kappa shape index (κ3) is 11.1. The smallest absolute Gasteiger partial charge is 0.223 e. The Balaban J connectivity index is 0.000000563. The first-order chi connectivity index (χ1) is 18.5. The topological polar surface area (TPSA) is 127 Å². The molecule has 0 amide bonds. The molecule has 0 spiro atoms. The molecule has 0 atom stereocenters. The van der Waals surface area contributed by atoms with E-state index in [1.807, 2.05) is 13.7 Å². The zero-order chi connectivity index (χ0) is 29.5. The second-order valence-corrected chi connectivity index (χ2v) is 9.48. The number of aromatic nitrogens is 3. The number of aryl methyl sites for hydroxylation is 3. The van der Waals surface area contributed by atoms with Crippen molar-refractivity contribution in [1.82, 2.24) is 13.7 Å². The van der Waals surface area contributed by atoms with E-state index in [1.165, 1.54) is 18.2 Å². The van der Waals surface area contributed by atoms with Gasteiger partial charge in [-0.2, -0.15) is 0 Å². The van der Waals surface area contributed by atoms with Crippen LogP contribution in [0.3, 0.4) is 0 Å². The van der Waals surface area contributed by atoms with E-state index in [0.717, 1.165) is 58.2 Å². The SMILES string of the molecule is CCCCn1ccc(=O)c(O)c1C.CCCCn1ccc(=O)c(O)c1C.CCCCn1ccc(=O)c(O)c1C.[Fe]. The summed E-state index contributed by atoms with van der Waals surface area (Å²) in [6.07, 6.45) is 11.7. The third-order valence-electron chi connectivity index (χ3n) is 6.50. The number of aromatic hydroxyl groups is 3. The Morgan fingerprint density at radius 2 is 0.750 bits per heavy atom. The minimum absolute atomic E-state index is 0. The summed E-state index contributed by atoms with van der Waals surface area (Å²) < 4.78 is 5.71. The first-order valence-electron chi connectivity index (χ1n) is 13.7. The van der Waals surface area contributed by atoms with Gasteiger partial charge in [-0.05, 0) is 40.0 Å². The summed E-state index contributed by atoms with van der Waals surface area (Å²) in [6.45, 7) is 14.2. The molecule has 3 N–H and O–H groups in total. The molecule has 10 heteroatoms. The summed E-state index contributed by atoms with van der Waals surface area (Å²) in [5.41, 5.74) is 1.06. The molecule has 3 aromatic heterocycles. The van der Waals surface area contributed by atoms with Gasteiger partial charge in [0.2, 0.25) is 16.3 Å². The number of rotatable bonds is 9. The van der Waals surface area contributed by atoms with Gasteiger partial charge in [-0.1, -0.05) is 40.0 Å². The van der Waals surface area contributed by atoms with Gasteiger partial charge >= 0.3 is 0 Å². The molecule has 0 saturated heterocycles. The predicted molar refractivity (Wildman–Crippen MR) is 156 cm³/mol. The van der Waals surface area contributed by atoms with Crippen molar-refractivity contribution in [1.29, 1.82) is 0 Å². The third-order valence-corrected chi connectivity index (χ3v) is 6.50. The average Bonchev–Trinajstić information content (AvgIpc) is 2.93. The van der Waals surface area contributed by atoms with Crippen LogP contribution in [0.2, 0.25) is 0 Å². The van der Waals surface area contributed by atoms with E-state index < -0.39 is 0 Å². The van der Waals surface area contributed by atoms with E-state index in [4.69, 9.17) is 0 Å². The molecule has 0 unspecified atom stereocenters. The minimum atomic E-state index is -0.301. The largest absolute Gasteiger partial charge is 0.503 e. The van der Waals surface area contributed by atoms with E-state index in [-0.39, 0.29) is 50.6 Å². The van der Waals surface area contributed by atoms with Crippen LogP contribution < -0.4 is 16.3 Å². The standard InChI is InChI=1S/3C10H15NO2.Fe/c3*1-3-4-6-11-7-5-9(12)10(13)8(11)2;/h3*5,7,13H,3-4,6H2,1-2H3;. The van der Waals surface area contributed by atoms with Crippen LogP contribution in [0, 0.1) is 20.8 Å². The maximum absolute atomic E-state index is 11.0. The molecule has 0 aliphatic carbocycles. The molecule has 9 nitrogen and oxygen atoms in total. The molecule has 3 heterocycles. The second kappa shape index (κ2) is 18.9. The molecule has 0 fully saturated rings. The van der Waals surface area contributed by atoms with Gasteiger partial charge in [-0.15, -0.1) is 0 Å².